The SMILES string of the molecule is CC1=CC(=S)N2NN(C(F)(F)F)C=C2N1. The Hall–Kier alpha value is -1.28. The molecule has 0 spiro atoms. The maximum atomic E-state index is 12.3. The van der Waals surface area contributed by atoms with Crippen molar-refractivity contribution < 1.29 is 13.2 Å². The van der Waals surface area contributed by atoms with Crippen LogP contribution in [0.2, 0.25) is 0 Å². The van der Waals surface area contributed by atoms with Crippen LogP contribution >= 0.6 is 12.2 Å². The Morgan fingerprint density at radius 2 is 2.07 bits per heavy atom. The van der Waals surface area contributed by atoms with E-state index in [2.05, 4.69) is 10.9 Å². The van der Waals surface area contributed by atoms with E-state index in [-0.39, 0.29) is 15.8 Å². The molecule has 0 amide bonds. The van der Waals surface area contributed by atoms with Crippen LogP contribution in [0.1, 0.15) is 6.92 Å². The maximum Gasteiger partial charge on any atom is 0.500 e. The van der Waals surface area contributed by atoms with E-state index >= 15 is 0 Å². The summed E-state index contributed by atoms with van der Waals surface area (Å²) in [7, 11) is 0. The average Bonchev–Trinajstić information content (AvgIpc) is 2.46. The highest BCUT2D eigenvalue weighted by Crippen LogP contribution is 2.26. The van der Waals surface area contributed by atoms with E-state index < -0.39 is 6.30 Å². The number of fused-ring (bicyclic) bond motifs is 1. The van der Waals surface area contributed by atoms with Gasteiger partial charge in [-0.15, -0.1) is 18.7 Å². The first-order valence-corrected chi connectivity index (χ1v) is 4.42. The number of nitrogens with one attached hydrogen (secondary N) is 2. The lowest BCUT2D eigenvalue weighted by molar-refractivity contribution is -0.249. The summed E-state index contributed by atoms with van der Waals surface area (Å²) in [5.41, 5.74) is 2.81. The van der Waals surface area contributed by atoms with Gasteiger partial charge in [-0.2, -0.15) is 0 Å². The van der Waals surface area contributed by atoms with Crippen molar-refractivity contribution in [2.45, 2.75) is 13.2 Å². The predicted molar refractivity (Wildman–Crippen MR) is 50.4 cm³/mol. The summed E-state index contributed by atoms with van der Waals surface area (Å²) in [6.45, 7) is 1.72. The molecule has 0 radical (unpaired) electrons. The van der Waals surface area contributed by atoms with Gasteiger partial charge in [0, 0.05) is 5.70 Å². The minimum atomic E-state index is -4.48. The molecule has 82 valence electrons. The first kappa shape index (κ1) is 10.2. The monoisotopic (exact) mass is 236 g/mol. The summed E-state index contributed by atoms with van der Waals surface area (Å²) in [6.07, 6.45) is -2.00. The van der Waals surface area contributed by atoms with Gasteiger partial charge in [-0.05, 0) is 13.0 Å². The van der Waals surface area contributed by atoms with Crippen LogP contribution in [0.4, 0.5) is 13.2 Å². The number of hydrazine groups is 2. The number of nitrogens with zero attached hydrogens (tertiary/aromatic N) is 2. The molecule has 0 aromatic carbocycles. The van der Waals surface area contributed by atoms with E-state index in [1.165, 1.54) is 0 Å². The zero-order valence-electron chi connectivity index (χ0n) is 7.59. The molecule has 15 heavy (non-hydrogen) atoms. The molecule has 8 heteroatoms. The predicted octanol–water partition coefficient (Wildman–Crippen LogP) is 1.18. The number of hydrogen-bond acceptors (Lipinski definition) is 4. The molecular weight excluding hydrogens is 229 g/mol. The normalized spacial score (nSPS) is 20.9. The number of alkyl halides is 3. The molecule has 0 unspecified atom stereocenters. The molecule has 0 aromatic heterocycles. The van der Waals surface area contributed by atoms with Gasteiger partial charge in [-0.3, -0.25) is 0 Å². The van der Waals surface area contributed by atoms with Gasteiger partial charge in [0.2, 0.25) is 0 Å². The van der Waals surface area contributed by atoms with Crippen molar-refractivity contribution in [2.75, 3.05) is 0 Å². The Balaban J connectivity index is 2.25. The quantitative estimate of drug-likeness (QED) is 0.487. The fraction of sp³-hybridized carbons (Fsp3) is 0.286. The number of rotatable bonds is 0. The van der Waals surface area contributed by atoms with Crippen molar-refractivity contribution in [1.29, 1.82) is 0 Å². The van der Waals surface area contributed by atoms with Gasteiger partial charge in [-0.1, -0.05) is 12.2 Å². The van der Waals surface area contributed by atoms with Gasteiger partial charge in [0.1, 0.15) is 10.8 Å². The van der Waals surface area contributed by atoms with E-state index in [1.807, 2.05) is 0 Å². The summed E-state index contributed by atoms with van der Waals surface area (Å²) in [5.74, 6) is 0.261. The highest BCUT2D eigenvalue weighted by atomic mass is 32.1. The molecule has 0 aliphatic carbocycles. The molecule has 0 saturated carbocycles. The van der Waals surface area contributed by atoms with Crippen LogP contribution in [-0.2, 0) is 0 Å². The largest absolute Gasteiger partial charge is 0.500 e. The van der Waals surface area contributed by atoms with E-state index in [1.54, 1.807) is 13.0 Å². The van der Waals surface area contributed by atoms with Crippen molar-refractivity contribution in [2.24, 2.45) is 0 Å². The number of hydrogen-bond donors (Lipinski definition) is 2. The van der Waals surface area contributed by atoms with Gasteiger partial charge in [0.15, 0.2) is 0 Å². The molecule has 0 saturated heterocycles. The lowest BCUT2D eigenvalue weighted by Crippen LogP contribution is -2.50. The Morgan fingerprint density at radius 3 is 2.67 bits per heavy atom. The third-order valence-electron chi connectivity index (χ3n) is 1.86. The van der Waals surface area contributed by atoms with Crippen molar-refractivity contribution in [3.05, 3.63) is 23.8 Å². The zero-order chi connectivity index (χ0) is 11.2. The first-order chi connectivity index (χ1) is 6.88. The molecule has 0 aromatic rings. The second-order valence-electron chi connectivity index (χ2n) is 3.08. The maximum absolute atomic E-state index is 12.3. The first-order valence-electron chi connectivity index (χ1n) is 4.01. The van der Waals surface area contributed by atoms with Gasteiger partial charge >= 0.3 is 6.30 Å². The molecule has 2 aliphatic rings. The minimum Gasteiger partial charge on any atom is -0.343 e. The third kappa shape index (κ3) is 1.77. The zero-order valence-corrected chi connectivity index (χ0v) is 8.41. The fourth-order valence-corrected chi connectivity index (χ4v) is 1.56. The summed E-state index contributed by atoms with van der Waals surface area (Å²) >= 11 is 4.91. The minimum absolute atomic E-state index is 0.0358. The highest BCUT2D eigenvalue weighted by Gasteiger charge is 2.42. The number of halogens is 3. The highest BCUT2D eigenvalue weighted by molar-refractivity contribution is 7.80. The van der Waals surface area contributed by atoms with E-state index in [0.29, 0.717) is 5.70 Å². The number of allylic oxidation sites excluding steroid dienone is 1. The lowest BCUT2D eigenvalue weighted by Gasteiger charge is -2.27. The molecule has 0 fully saturated rings. The van der Waals surface area contributed by atoms with E-state index in [0.717, 1.165) is 11.2 Å². The summed E-state index contributed by atoms with van der Waals surface area (Å²) in [5, 5.41) is 3.95. The molecule has 4 nitrogen and oxygen atoms in total. The Kier molecular flexibility index (Phi) is 2.12. The lowest BCUT2D eigenvalue weighted by atomic mass is 10.3. The van der Waals surface area contributed by atoms with Crippen LogP contribution in [0.3, 0.4) is 0 Å². The van der Waals surface area contributed by atoms with Crippen LogP contribution in [-0.4, -0.2) is 21.3 Å². The van der Waals surface area contributed by atoms with Gasteiger partial charge in [0.05, 0.1) is 6.20 Å². The van der Waals surface area contributed by atoms with Crippen molar-refractivity contribution in [3.63, 3.8) is 0 Å². The fourth-order valence-electron chi connectivity index (χ4n) is 1.24. The van der Waals surface area contributed by atoms with E-state index in [9.17, 15) is 13.2 Å². The van der Waals surface area contributed by atoms with Gasteiger partial charge in [0.25, 0.3) is 0 Å². The second kappa shape index (κ2) is 3.11. The Labute approximate surface area is 89.0 Å². The third-order valence-corrected chi connectivity index (χ3v) is 2.16. The van der Waals surface area contributed by atoms with Crippen molar-refractivity contribution >= 4 is 17.2 Å². The Morgan fingerprint density at radius 1 is 1.40 bits per heavy atom. The van der Waals surface area contributed by atoms with Crippen molar-refractivity contribution in [3.8, 4) is 0 Å². The number of thiocarbonyl (C=S) groups is 1. The smallest absolute Gasteiger partial charge is 0.343 e. The second-order valence-corrected chi connectivity index (χ2v) is 3.50. The Bertz CT molecular complexity index is 373. The summed E-state index contributed by atoms with van der Waals surface area (Å²) in [4.78, 5) is 0.282. The van der Waals surface area contributed by atoms with E-state index in [4.69, 9.17) is 12.2 Å². The van der Waals surface area contributed by atoms with Crippen LogP contribution in [0.5, 0.6) is 0 Å². The molecular formula is C7H7F3N4S. The molecule has 0 atom stereocenters. The molecule has 2 rings (SSSR count). The van der Waals surface area contributed by atoms with Crippen LogP contribution in [0, 0.1) is 0 Å². The van der Waals surface area contributed by atoms with Crippen LogP contribution in [0.15, 0.2) is 23.8 Å². The van der Waals surface area contributed by atoms with Crippen molar-refractivity contribution in [1.82, 2.24) is 20.9 Å². The molecule has 0 bridgehead atoms. The van der Waals surface area contributed by atoms with Gasteiger partial charge in [-0.25, -0.2) is 10.0 Å². The topological polar surface area (TPSA) is 30.5 Å². The van der Waals surface area contributed by atoms with Crippen LogP contribution < -0.4 is 10.9 Å². The standard InChI is InChI=1S/C7H7F3N4S/c1-4-2-6(15)14-5(11-4)3-13(12-14)7(8,9)10/h2-3,11-12H,1H3. The molecule has 2 N–H and O–H groups in total. The van der Waals surface area contributed by atoms with Gasteiger partial charge < -0.3 is 5.32 Å². The average molecular weight is 236 g/mol. The summed E-state index contributed by atoms with van der Waals surface area (Å²) < 4.78 is 37.0. The van der Waals surface area contributed by atoms with Crippen LogP contribution in [0.25, 0.3) is 0 Å². The molecule has 2 aliphatic heterocycles. The summed E-state index contributed by atoms with van der Waals surface area (Å²) in [6, 6.07) is 0. The molecule has 2 heterocycles.